The lowest BCUT2D eigenvalue weighted by Gasteiger charge is -2.41. The number of piperazine rings is 1. The second-order valence-corrected chi connectivity index (χ2v) is 10.8. The zero-order chi connectivity index (χ0) is 20.6. The number of hydrogen-bond acceptors (Lipinski definition) is 5. The highest BCUT2D eigenvalue weighted by Gasteiger charge is 2.32. The van der Waals surface area contributed by atoms with Gasteiger partial charge in [-0.3, -0.25) is 4.90 Å². The van der Waals surface area contributed by atoms with Gasteiger partial charge < -0.3 is 14.5 Å². The van der Waals surface area contributed by atoms with Crippen molar-refractivity contribution in [3.05, 3.63) is 29.3 Å². The molecule has 4 rings (SSSR count). The lowest BCUT2D eigenvalue weighted by Crippen LogP contribution is -2.54. The van der Waals surface area contributed by atoms with Crippen LogP contribution in [-0.2, 0) is 16.3 Å². The van der Waals surface area contributed by atoms with E-state index in [1.807, 2.05) is 9.80 Å². The van der Waals surface area contributed by atoms with Crippen LogP contribution >= 0.6 is 0 Å². The minimum absolute atomic E-state index is 0.0511. The van der Waals surface area contributed by atoms with Gasteiger partial charge in [0.05, 0.1) is 11.9 Å². The highest BCUT2D eigenvalue weighted by molar-refractivity contribution is 7.91. The SMILES string of the molecule is CC(c1ccc2c(c1)OCC2)N1CCN(C(=O)N2CCC(S(C)(=O)=O)CC2)CC1. The van der Waals surface area contributed by atoms with Crippen LogP contribution in [-0.4, -0.2) is 86.5 Å². The summed E-state index contributed by atoms with van der Waals surface area (Å²) >= 11 is 0. The zero-order valence-electron chi connectivity index (χ0n) is 17.3. The second kappa shape index (κ2) is 8.14. The molecule has 7 nitrogen and oxygen atoms in total. The molecule has 3 heterocycles. The first-order chi connectivity index (χ1) is 13.8. The Morgan fingerprint density at radius 1 is 1.07 bits per heavy atom. The number of carbonyl (C=O) groups is 1. The minimum atomic E-state index is -3.01. The average molecular weight is 422 g/mol. The van der Waals surface area contributed by atoms with Gasteiger partial charge in [-0.1, -0.05) is 12.1 Å². The third kappa shape index (κ3) is 4.38. The van der Waals surface area contributed by atoms with E-state index in [1.165, 1.54) is 17.4 Å². The molecule has 1 aromatic carbocycles. The molecule has 0 saturated carbocycles. The Morgan fingerprint density at radius 2 is 1.72 bits per heavy atom. The zero-order valence-corrected chi connectivity index (χ0v) is 18.2. The molecule has 0 N–H and O–H groups in total. The summed E-state index contributed by atoms with van der Waals surface area (Å²) in [6, 6.07) is 6.87. The molecular weight excluding hydrogens is 390 g/mol. The Kier molecular flexibility index (Phi) is 5.75. The third-order valence-corrected chi connectivity index (χ3v) is 8.34. The Hall–Kier alpha value is -1.80. The van der Waals surface area contributed by atoms with Gasteiger partial charge in [0, 0.05) is 58.0 Å². The van der Waals surface area contributed by atoms with Crippen molar-refractivity contribution < 1.29 is 17.9 Å². The quantitative estimate of drug-likeness (QED) is 0.746. The van der Waals surface area contributed by atoms with Gasteiger partial charge in [0.15, 0.2) is 0 Å². The molecule has 2 saturated heterocycles. The van der Waals surface area contributed by atoms with Crippen LogP contribution in [0.1, 0.15) is 36.9 Å². The molecule has 160 valence electrons. The summed E-state index contributed by atoms with van der Waals surface area (Å²) in [5, 5.41) is -0.305. The molecule has 1 atom stereocenters. The maximum absolute atomic E-state index is 12.9. The van der Waals surface area contributed by atoms with Crippen molar-refractivity contribution in [2.45, 2.75) is 37.5 Å². The van der Waals surface area contributed by atoms with Gasteiger partial charge in [0.25, 0.3) is 0 Å². The molecular formula is C21H31N3O4S. The Labute approximate surface area is 173 Å². The van der Waals surface area contributed by atoms with Crippen molar-refractivity contribution in [1.29, 1.82) is 0 Å². The van der Waals surface area contributed by atoms with Crippen LogP contribution in [0, 0.1) is 0 Å². The monoisotopic (exact) mass is 421 g/mol. The van der Waals surface area contributed by atoms with Crippen molar-refractivity contribution in [1.82, 2.24) is 14.7 Å². The van der Waals surface area contributed by atoms with E-state index in [0.717, 1.165) is 31.9 Å². The van der Waals surface area contributed by atoms with E-state index in [1.54, 1.807) is 0 Å². The molecule has 29 heavy (non-hydrogen) atoms. The van der Waals surface area contributed by atoms with Gasteiger partial charge in [-0.2, -0.15) is 0 Å². The van der Waals surface area contributed by atoms with Crippen LogP contribution in [0.2, 0.25) is 0 Å². The highest BCUT2D eigenvalue weighted by atomic mass is 32.2. The minimum Gasteiger partial charge on any atom is -0.493 e. The Morgan fingerprint density at radius 3 is 2.38 bits per heavy atom. The number of carbonyl (C=O) groups excluding carboxylic acids is 1. The van der Waals surface area contributed by atoms with E-state index in [9.17, 15) is 13.2 Å². The second-order valence-electron chi connectivity index (χ2n) is 8.46. The predicted octanol–water partition coefficient (Wildman–Crippen LogP) is 1.93. The molecule has 0 bridgehead atoms. The number of ether oxygens (including phenoxy) is 1. The van der Waals surface area contributed by atoms with E-state index in [0.29, 0.717) is 39.0 Å². The molecule has 0 spiro atoms. The van der Waals surface area contributed by atoms with E-state index in [2.05, 4.69) is 30.0 Å². The first-order valence-electron chi connectivity index (χ1n) is 10.6. The number of amides is 2. The maximum Gasteiger partial charge on any atom is 0.320 e. The molecule has 3 aliphatic rings. The fourth-order valence-corrected chi connectivity index (χ4v) is 5.70. The van der Waals surface area contributed by atoms with Crippen LogP contribution in [0.5, 0.6) is 5.75 Å². The van der Waals surface area contributed by atoms with Crippen LogP contribution in [0.25, 0.3) is 0 Å². The number of urea groups is 1. The van der Waals surface area contributed by atoms with Crippen LogP contribution in [0.4, 0.5) is 4.79 Å². The molecule has 3 aliphatic heterocycles. The predicted molar refractivity (Wildman–Crippen MR) is 112 cm³/mol. The lowest BCUT2D eigenvalue weighted by atomic mass is 10.0. The lowest BCUT2D eigenvalue weighted by molar-refractivity contribution is 0.0912. The topological polar surface area (TPSA) is 70.2 Å². The Bertz CT molecular complexity index is 857. The summed E-state index contributed by atoms with van der Waals surface area (Å²) in [6.07, 6.45) is 3.37. The summed E-state index contributed by atoms with van der Waals surface area (Å²) in [5.41, 5.74) is 2.55. The fraction of sp³-hybridized carbons (Fsp3) is 0.667. The van der Waals surface area contributed by atoms with Crippen molar-refractivity contribution in [3.8, 4) is 5.75 Å². The average Bonchev–Trinajstić information content (AvgIpc) is 3.20. The first kappa shape index (κ1) is 20.5. The molecule has 8 heteroatoms. The molecule has 0 aliphatic carbocycles. The van der Waals surface area contributed by atoms with Gasteiger partial charge >= 0.3 is 6.03 Å². The first-order valence-corrected chi connectivity index (χ1v) is 12.5. The molecule has 0 aromatic heterocycles. The largest absolute Gasteiger partial charge is 0.493 e. The standard InChI is InChI=1S/C21H31N3O4S/c1-16(18-4-3-17-7-14-28-20(17)15-18)22-10-12-24(13-11-22)21(25)23-8-5-19(6-9-23)29(2,26)27/h3-4,15-16,19H,5-14H2,1-2H3. The summed E-state index contributed by atoms with van der Waals surface area (Å²) in [5.74, 6) is 1.01. The number of fused-ring (bicyclic) bond motifs is 1. The smallest absolute Gasteiger partial charge is 0.320 e. The summed E-state index contributed by atoms with van der Waals surface area (Å²) in [7, 11) is -3.01. The van der Waals surface area contributed by atoms with Gasteiger partial charge in [0.2, 0.25) is 0 Å². The number of benzene rings is 1. The van der Waals surface area contributed by atoms with Crippen molar-refractivity contribution in [3.63, 3.8) is 0 Å². The van der Waals surface area contributed by atoms with E-state index >= 15 is 0 Å². The molecule has 0 radical (unpaired) electrons. The fourth-order valence-electron chi connectivity index (χ4n) is 4.63. The van der Waals surface area contributed by atoms with Gasteiger partial charge in [-0.15, -0.1) is 0 Å². The number of sulfone groups is 1. The third-order valence-electron chi connectivity index (χ3n) is 6.65. The van der Waals surface area contributed by atoms with E-state index in [-0.39, 0.29) is 17.3 Å². The number of piperidine rings is 1. The van der Waals surface area contributed by atoms with E-state index < -0.39 is 9.84 Å². The number of likely N-dealkylation sites (tertiary alicyclic amines) is 1. The number of hydrogen-bond donors (Lipinski definition) is 0. The summed E-state index contributed by atoms with van der Waals surface area (Å²) in [4.78, 5) is 19.0. The normalized spacial score (nSPS) is 22.3. The molecule has 2 fully saturated rings. The summed E-state index contributed by atoms with van der Waals surface area (Å²) in [6.45, 7) is 7.13. The van der Waals surface area contributed by atoms with Crippen LogP contribution in [0.15, 0.2) is 18.2 Å². The Balaban J connectivity index is 1.29. The highest BCUT2D eigenvalue weighted by Crippen LogP contribution is 2.31. The van der Waals surface area contributed by atoms with Gasteiger partial charge in [-0.05, 0) is 37.0 Å². The summed E-state index contributed by atoms with van der Waals surface area (Å²) < 4.78 is 29.1. The molecule has 1 unspecified atom stereocenters. The van der Waals surface area contributed by atoms with Crippen LogP contribution in [0.3, 0.4) is 0 Å². The maximum atomic E-state index is 12.9. The molecule has 1 aromatic rings. The van der Waals surface area contributed by atoms with Gasteiger partial charge in [0.1, 0.15) is 15.6 Å². The number of rotatable bonds is 3. The number of nitrogens with zero attached hydrogens (tertiary/aromatic N) is 3. The van der Waals surface area contributed by atoms with Crippen LogP contribution < -0.4 is 4.74 Å². The molecule has 2 amide bonds. The van der Waals surface area contributed by atoms with Crippen molar-refractivity contribution in [2.24, 2.45) is 0 Å². The van der Waals surface area contributed by atoms with Gasteiger partial charge in [-0.25, -0.2) is 13.2 Å². The van der Waals surface area contributed by atoms with Crippen molar-refractivity contribution in [2.75, 3.05) is 52.1 Å². The van der Waals surface area contributed by atoms with E-state index in [4.69, 9.17) is 4.74 Å². The van der Waals surface area contributed by atoms with Crippen molar-refractivity contribution >= 4 is 15.9 Å².